The maximum absolute atomic E-state index is 10.1. The van der Waals surface area contributed by atoms with Crippen molar-refractivity contribution >= 4 is 23.5 Å². The van der Waals surface area contributed by atoms with Gasteiger partial charge in [-0.1, -0.05) is 19.4 Å². The van der Waals surface area contributed by atoms with Gasteiger partial charge in [0.1, 0.15) is 0 Å². The third-order valence-corrected chi connectivity index (χ3v) is 3.21. The lowest BCUT2D eigenvalue weighted by Gasteiger charge is -2.15. The minimum absolute atomic E-state index is 0.0846. The number of rotatable bonds is 7. The van der Waals surface area contributed by atoms with Crippen LogP contribution in [0.4, 0.5) is 0 Å². The number of unbranched alkanes of at least 4 members (excludes halogenated alkanes) is 1. The van der Waals surface area contributed by atoms with Crippen LogP contribution in [-0.4, -0.2) is 41.6 Å². The summed E-state index contributed by atoms with van der Waals surface area (Å²) in [7, 11) is 1.77. The van der Waals surface area contributed by atoms with E-state index in [4.69, 9.17) is 17.0 Å². The van der Waals surface area contributed by atoms with Crippen molar-refractivity contribution in [1.29, 1.82) is 0 Å². The average molecular weight is 309 g/mol. The number of nitrogens with one attached hydrogen (secondary N) is 1. The molecule has 0 bridgehead atoms. The standard InChI is InChI=1S/C15H23N3O2S/c1-4-6-10-16-15(21)18(3)17-11-12-8-7-9-13(14(12)19)20-5-2/h7-9,11,19H,4-6,10H2,1-3H3,(H,16,21). The molecule has 0 unspecified atom stereocenters. The van der Waals surface area contributed by atoms with E-state index < -0.39 is 0 Å². The van der Waals surface area contributed by atoms with E-state index in [0.29, 0.717) is 23.0 Å². The van der Waals surface area contributed by atoms with Gasteiger partial charge >= 0.3 is 0 Å². The summed E-state index contributed by atoms with van der Waals surface area (Å²) >= 11 is 5.22. The van der Waals surface area contributed by atoms with Crippen molar-refractivity contribution in [3.63, 3.8) is 0 Å². The molecule has 0 saturated heterocycles. The van der Waals surface area contributed by atoms with Crippen LogP contribution in [0.1, 0.15) is 32.3 Å². The van der Waals surface area contributed by atoms with Gasteiger partial charge in [0.15, 0.2) is 16.6 Å². The lowest BCUT2D eigenvalue weighted by molar-refractivity contribution is 0.318. The summed E-state index contributed by atoms with van der Waals surface area (Å²) in [4.78, 5) is 0. The van der Waals surface area contributed by atoms with Gasteiger partial charge in [0, 0.05) is 19.2 Å². The van der Waals surface area contributed by atoms with E-state index in [0.717, 1.165) is 19.4 Å². The molecule has 0 fully saturated rings. The van der Waals surface area contributed by atoms with Crippen LogP contribution in [0.15, 0.2) is 23.3 Å². The highest BCUT2D eigenvalue weighted by atomic mass is 32.1. The average Bonchev–Trinajstić information content (AvgIpc) is 2.48. The number of thiocarbonyl (C=S) groups is 1. The Labute approximate surface area is 131 Å². The summed E-state index contributed by atoms with van der Waals surface area (Å²) in [6.07, 6.45) is 3.74. The van der Waals surface area contributed by atoms with E-state index in [1.165, 1.54) is 0 Å². The summed E-state index contributed by atoms with van der Waals surface area (Å²) in [5.41, 5.74) is 0.587. The molecule has 0 atom stereocenters. The summed E-state index contributed by atoms with van der Waals surface area (Å²) in [5.74, 6) is 0.536. The van der Waals surface area contributed by atoms with Gasteiger partial charge in [-0.25, -0.2) is 5.01 Å². The van der Waals surface area contributed by atoms with Crippen LogP contribution >= 0.6 is 12.2 Å². The Morgan fingerprint density at radius 3 is 2.90 bits per heavy atom. The van der Waals surface area contributed by atoms with Gasteiger partial charge in [0.2, 0.25) is 0 Å². The van der Waals surface area contributed by atoms with Crippen LogP contribution in [0.3, 0.4) is 0 Å². The molecular weight excluding hydrogens is 286 g/mol. The summed E-state index contributed by atoms with van der Waals surface area (Å²) in [6, 6.07) is 5.30. The number of phenolic OH excluding ortho intramolecular Hbond substituents is 1. The monoisotopic (exact) mass is 309 g/mol. The maximum atomic E-state index is 10.1. The van der Waals surface area contributed by atoms with Crippen molar-refractivity contribution in [2.75, 3.05) is 20.2 Å². The molecule has 6 heteroatoms. The number of aromatic hydroxyl groups is 1. The zero-order valence-corrected chi connectivity index (χ0v) is 13.6. The molecule has 1 aromatic carbocycles. The highest BCUT2D eigenvalue weighted by molar-refractivity contribution is 7.80. The number of nitrogens with zero attached hydrogens (tertiary/aromatic N) is 2. The van der Waals surface area contributed by atoms with Crippen LogP contribution in [-0.2, 0) is 0 Å². The highest BCUT2D eigenvalue weighted by Crippen LogP contribution is 2.28. The van der Waals surface area contributed by atoms with E-state index in [-0.39, 0.29) is 5.75 Å². The molecule has 0 aliphatic rings. The first-order chi connectivity index (χ1) is 10.1. The van der Waals surface area contributed by atoms with Crippen LogP contribution in [0.5, 0.6) is 11.5 Å². The second-order valence-electron chi connectivity index (χ2n) is 4.48. The minimum atomic E-state index is 0.0846. The van der Waals surface area contributed by atoms with Crippen LogP contribution < -0.4 is 10.1 Å². The number of hydrogen-bond donors (Lipinski definition) is 2. The van der Waals surface area contributed by atoms with Gasteiger partial charge < -0.3 is 15.2 Å². The Morgan fingerprint density at radius 2 is 2.24 bits per heavy atom. The minimum Gasteiger partial charge on any atom is -0.504 e. The van der Waals surface area contributed by atoms with E-state index in [1.54, 1.807) is 30.4 Å². The summed E-state index contributed by atoms with van der Waals surface area (Å²) in [5, 5.41) is 19.5. The number of hydrazone groups is 1. The Bertz CT molecular complexity index is 492. The van der Waals surface area contributed by atoms with Crippen LogP contribution in [0, 0.1) is 0 Å². The fourth-order valence-corrected chi connectivity index (χ4v) is 1.75. The molecule has 5 nitrogen and oxygen atoms in total. The summed E-state index contributed by atoms with van der Waals surface area (Å²) < 4.78 is 5.33. The molecule has 0 amide bonds. The van der Waals surface area contributed by atoms with Crippen molar-refractivity contribution in [2.24, 2.45) is 5.10 Å². The van der Waals surface area contributed by atoms with Crippen molar-refractivity contribution in [3.8, 4) is 11.5 Å². The molecule has 0 radical (unpaired) electrons. The van der Waals surface area contributed by atoms with Gasteiger partial charge in [-0.3, -0.25) is 0 Å². The highest BCUT2D eigenvalue weighted by Gasteiger charge is 2.06. The fraction of sp³-hybridized carbons (Fsp3) is 0.467. The largest absolute Gasteiger partial charge is 0.504 e. The third kappa shape index (κ3) is 5.59. The van der Waals surface area contributed by atoms with E-state index in [9.17, 15) is 5.11 Å². The SMILES string of the molecule is CCCCNC(=S)N(C)N=Cc1cccc(OCC)c1O. The molecule has 0 aromatic heterocycles. The van der Waals surface area contributed by atoms with Crippen molar-refractivity contribution in [1.82, 2.24) is 10.3 Å². The fourth-order valence-electron chi connectivity index (χ4n) is 1.60. The zero-order chi connectivity index (χ0) is 15.7. The molecule has 116 valence electrons. The second-order valence-corrected chi connectivity index (χ2v) is 4.87. The maximum Gasteiger partial charge on any atom is 0.189 e. The Kier molecular flexibility index (Phi) is 7.53. The smallest absolute Gasteiger partial charge is 0.189 e. The van der Waals surface area contributed by atoms with Crippen LogP contribution in [0.2, 0.25) is 0 Å². The normalized spacial score (nSPS) is 10.6. The van der Waals surface area contributed by atoms with Crippen molar-refractivity contribution in [3.05, 3.63) is 23.8 Å². The predicted octanol–water partition coefficient (Wildman–Crippen LogP) is 2.73. The van der Waals surface area contributed by atoms with E-state index >= 15 is 0 Å². The van der Waals surface area contributed by atoms with Crippen LogP contribution in [0.25, 0.3) is 0 Å². The number of phenols is 1. The molecule has 1 rings (SSSR count). The topological polar surface area (TPSA) is 57.1 Å². The Balaban J connectivity index is 2.67. The van der Waals surface area contributed by atoms with Crippen molar-refractivity contribution < 1.29 is 9.84 Å². The number of hydrogen-bond acceptors (Lipinski definition) is 4. The Hall–Kier alpha value is -1.82. The zero-order valence-electron chi connectivity index (χ0n) is 12.8. The van der Waals surface area contributed by atoms with Gasteiger partial charge in [-0.2, -0.15) is 5.10 Å². The second kappa shape index (κ2) is 9.18. The lowest BCUT2D eigenvalue weighted by atomic mass is 10.2. The van der Waals surface area contributed by atoms with Gasteiger partial charge in [0.25, 0.3) is 0 Å². The Morgan fingerprint density at radius 1 is 1.48 bits per heavy atom. The third-order valence-electron chi connectivity index (χ3n) is 2.80. The molecule has 0 heterocycles. The predicted molar refractivity (Wildman–Crippen MR) is 90.1 cm³/mol. The molecule has 1 aromatic rings. The summed E-state index contributed by atoms with van der Waals surface area (Å²) in [6.45, 7) is 5.33. The molecule has 21 heavy (non-hydrogen) atoms. The molecular formula is C15H23N3O2S. The molecule has 0 aliphatic carbocycles. The lowest BCUT2D eigenvalue weighted by Crippen LogP contribution is -2.34. The number of para-hydroxylation sites is 1. The van der Waals surface area contributed by atoms with Gasteiger partial charge in [0.05, 0.1) is 12.8 Å². The first kappa shape index (κ1) is 17.2. The molecule has 0 aliphatic heterocycles. The molecule has 0 spiro atoms. The van der Waals surface area contributed by atoms with Gasteiger partial charge in [-0.15, -0.1) is 0 Å². The first-order valence-corrected chi connectivity index (χ1v) is 7.51. The van der Waals surface area contributed by atoms with Crippen molar-refractivity contribution in [2.45, 2.75) is 26.7 Å². The van der Waals surface area contributed by atoms with E-state index in [1.807, 2.05) is 13.0 Å². The molecule has 0 saturated carbocycles. The quantitative estimate of drug-likeness (QED) is 0.351. The van der Waals surface area contributed by atoms with E-state index in [2.05, 4.69) is 17.3 Å². The number of ether oxygens (including phenoxy) is 1. The number of benzene rings is 1. The molecule has 2 N–H and O–H groups in total. The van der Waals surface area contributed by atoms with Gasteiger partial charge in [-0.05, 0) is 37.7 Å². The first-order valence-electron chi connectivity index (χ1n) is 7.10.